The van der Waals surface area contributed by atoms with Gasteiger partial charge >= 0.3 is 0 Å². The number of nitrogens with zero attached hydrogens (tertiary/aromatic N) is 2. The zero-order chi connectivity index (χ0) is 11.1. The molecule has 86 valence electrons. The van der Waals surface area contributed by atoms with Gasteiger partial charge < -0.3 is 5.32 Å². The molecule has 1 fully saturated rings. The third kappa shape index (κ3) is 3.43. The van der Waals surface area contributed by atoms with Crippen molar-refractivity contribution in [3.05, 3.63) is 42.7 Å². The lowest BCUT2D eigenvalue weighted by atomic mass is 10.0. The monoisotopic (exact) mass is 217 g/mol. The van der Waals surface area contributed by atoms with Crippen molar-refractivity contribution in [2.45, 2.75) is 12.5 Å². The first kappa shape index (κ1) is 11.3. The van der Waals surface area contributed by atoms with Crippen LogP contribution in [0.15, 0.2) is 42.7 Å². The van der Waals surface area contributed by atoms with Gasteiger partial charge in [-0.1, -0.05) is 18.2 Å². The molecule has 1 saturated heterocycles. The maximum absolute atomic E-state index is 3.78. The van der Waals surface area contributed by atoms with Gasteiger partial charge in [-0.15, -0.1) is 0 Å². The second-order valence-corrected chi connectivity index (χ2v) is 4.04. The molecule has 0 aromatic carbocycles. The fourth-order valence-corrected chi connectivity index (χ4v) is 1.85. The van der Waals surface area contributed by atoms with Gasteiger partial charge in [-0.05, 0) is 18.6 Å². The SMILES string of the molecule is C1=CC(N2CCNCC2)C1.c1ccncc1. The van der Waals surface area contributed by atoms with Gasteiger partial charge in [-0.3, -0.25) is 9.88 Å². The van der Waals surface area contributed by atoms with E-state index in [9.17, 15) is 0 Å². The Hall–Kier alpha value is -1.19. The Morgan fingerprint density at radius 2 is 1.75 bits per heavy atom. The van der Waals surface area contributed by atoms with E-state index < -0.39 is 0 Å². The van der Waals surface area contributed by atoms with Crippen LogP contribution in [0.5, 0.6) is 0 Å². The van der Waals surface area contributed by atoms with Crippen LogP contribution in [0.4, 0.5) is 0 Å². The normalized spacial score (nSPS) is 24.1. The number of aromatic nitrogens is 1. The minimum Gasteiger partial charge on any atom is -0.314 e. The van der Waals surface area contributed by atoms with E-state index >= 15 is 0 Å². The van der Waals surface area contributed by atoms with Crippen molar-refractivity contribution in [3.63, 3.8) is 0 Å². The van der Waals surface area contributed by atoms with Crippen LogP contribution in [0.25, 0.3) is 0 Å². The van der Waals surface area contributed by atoms with Gasteiger partial charge in [0.1, 0.15) is 0 Å². The highest BCUT2D eigenvalue weighted by Crippen LogP contribution is 2.15. The standard InChI is InChI=1S/C8H14N2.C5H5N/c1-2-8(3-1)10-6-4-9-5-7-10;1-2-4-6-5-3-1/h1-2,8-9H,3-7H2;1-5H. The topological polar surface area (TPSA) is 28.2 Å². The summed E-state index contributed by atoms with van der Waals surface area (Å²) in [6.45, 7) is 4.80. The van der Waals surface area contributed by atoms with Gasteiger partial charge in [0.2, 0.25) is 0 Å². The highest BCUT2D eigenvalue weighted by atomic mass is 15.2. The third-order valence-corrected chi connectivity index (χ3v) is 2.92. The molecule has 16 heavy (non-hydrogen) atoms. The first-order valence-corrected chi connectivity index (χ1v) is 5.93. The van der Waals surface area contributed by atoms with Crippen LogP contribution in [-0.2, 0) is 0 Å². The molecule has 3 rings (SSSR count). The Balaban J connectivity index is 0.000000138. The molecule has 3 nitrogen and oxygen atoms in total. The predicted octanol–water partition coefficient (Wildman–Crippen LogP) is 1.30. The summed E-state index contributed by atoms with van der Waals surface area (Å²) >= 11 is 0. The van der Waals surface area contributed by atoms with E-state index in [0.29, 0.717) is 0 Å². The second kappa shape index (κ2) is 6.40. The first-order chi connectivity index (χ1) is 7.97. The number of nitrogens with one attached hydrogen (secondary N) is 1. The highest BCUT2D eigenvalue weighted by molar-refractivity contribution is 5.08. The highest BCUT2D eigenvalue weighted by Gasteiger charge is 2.20. The molecule has 1 atom stereocenters. The Labute approximate surface area is 97.2 Å². The molecule has 2 heterocycles. The van der Waals surface area contributed by atoms with E-state index in [1.54, 1.807) is 12.4 Å². The van der Waals surface area contributed by atoms with Gasteiger partial charge in [0.25, 0.3) is 0 Å². The van der Waals surface area contributed by atoms with Crippen LogP contribution in [-0.4, -0.2) is 42.1 Å². The Morgan fingerprint density at radius 3 is 2.12 bits per heavy atom. The quantitative estimate of drug-likeness (QED) is 0.719. The maximum atomic E-state index is 3.78. The summed E-state index contributed by atoms with van der Waals surface area (Å²) in [6, 6.07) is 6.49. The van der Waals surface area contributed by atoms with E-state index in [-0.39, 0.29) is 0 Å². The van der Waals surface area contributed by atoms with Crippen LogP contribution < -0.4 is 5.32 Å². The van der Waals surface area contributed by atoms with Crippen molar-refractivity contribution in [3.8, 4) is 0 Å². The molecule has 3 heteroatoms. The molecule has 1 aromatic heterocycles. The Kier molecular flexibility index (Phi) is 4.52. The largest absolute Gasteiger partial charge is 0.314 e. The zero-order valence-corrected chi connectivity index (χ0v) is 9.55. The predicted molar refractivity (Wildman–Crippen MR) is 66.2 cm³/mol. The van der Waals surface area contributed by atoms with Gasteiger partial charge in [0, 0.05) is 44.6 Å². The minimum atomic E-state index is 0.780. The maximum Gasteiger partial charge on any atom is 0.0313 e. The van der Waals surface area contributed by atoms with Gasteiger partial charge in [-0.25, -0.2) is 0 Å². The first-order valence-electron chi connectivity index (χ1n) is 5.93. The van der Waals surface area contributed by atoms with Crippen molar-refractivity contribution in [1.29, 1.82) is 0 Å². The van der Waals surface area contributed by atoms with E-state index in [2.05, 4.69) is 27.4 Å². The van der Waals surface area contributed by atoms with Crippen LogP contribution in [0.1, 0.15) is 6.42 Å². The molecule has 0 bridgehead atoms. The van der Waals surface area contributed by atoms with Crippen LogP contribution in [0.3, 0.4) is 0 Å². The molecule has 0 saturated carbocycles. The van der Waals surface area contributed by atoms with E-state index in [1.807, 2.05) is 18.2 Å². The van der Waals surface area contributed by atoms with Gasteiger partial charge in [0.05, 0.1) is 0 Å². The number of hydrogen-bond donors (Lipinski definition) is 1. The number of piperazine rings is 1. The second-order valence-electron chi connectivity index (χ2n) is 4.04. The van der Waals surface area contributed by atoms with Gasteiger partial charge in [-0.2, -0.15) is 0 Å². The zero-order valence-electron chi connectivity index (χ0n) is 9.55. The molecule has 1 unspecified atom stereocenters. The number of pyridine rings is 1. The Bertz CT molecular complexity index is 278. The van der Waals surface area contributed by atoms with Crippen LogP contribution in [0.2, 0.25) is 0 Å². The summed E-state index contributed by atoms with van der Waals surface area (Å²) in [5, 5.41) is 3.35. The lowest BCUT2D eigenvalue weighted by molar-refractivity contribution is 0.193. The van der Waals surface area contributed by atoms with Crippen molar-refractivity contribution >= 4 is 0 Å². The van der Waals surface area contributed by atoms with E-state index in [0.717, 1.165) is 6.04 Å². The third-order valence-electron chi connectivity index (χ3n) is 2.92. The Morgan fingerprint density at radius 1 is 1.06 bits per heavy atom. The molecule has 1 aliphatic heterocycles. The van der Waals surface area contributed by atoms with Crippen molar-refractivity contribution in [2.75, 3.05) is 26.2 Å². The summed E-state index contributed by atoms with van der Waals surface area (Å²) in [5.41, 5.74) is 0. The fourth-order valence-electron chi connectivity index (χ4n) is 1.85. The summed E-state index contributed by atoms with van der Waals surface area (Å²) in [5.74, 6) is 0. The van der Waals surface area contributed by atoms with Crippen molar-refractivity contribution in [1.82, 2.24) is 15.2 Å². The molecule has 1 aromatic rings. The molecule has 0 radical (unpaired) electrons. The van der Waals surface area contributed by atoms with Crippen LogP contribution in [0, 0.1) is 0 Å². The van der Waals surface area contributed by atoms with Gasteiger partial charge in [0.15, 0.2) is 0 Å². The number of hydrogen-bond acceptors (Lipinski definition) is 3. The fraction of sp³-hybridized carbons (Fsp3) is 0.462. The molecular weight excluding hydrogens is 198 g/mol. The minimum absolute atomic E-state index is 0.780. The lowest BCUT2D eigenvalue weighted by Crippen LogP contribution is -2.49. The molecule has 1 aliphatic carbocycles. The number of rotatable bonds is 1. The van der Waals surface area contributed by atoms with Crippen molar-refractivity contribution < 1.29 is 0 Å². The summed E-state index contributed by atoms with van der Waals surface area (Å²) < 4.78 is 0. The summed E-state index contributed by atoms with van der Waals surface area (Å²) in [7, 11) is 0. The molecular formula is C13H19N3. The average molecular weight is 217 g/mol. The van der Waals surface area contributed by atoms with E-state index in [1.165, 1.54) is 32.6 Å². The average Bonchev–Trinajstić information content (AvgIpc) is 2.31. The molecule has 2 aliphatic rings. The summed E-state index contributed by atoms with van der Waals surface area (Å²) in [6.07, 6.45) is 9.35. The van der Waals surface area contributed by atoms with Crippen LogP contribution >= 0.6 is 0 Å². The molecule has 1 N–H and O–H groups in total. The lowest BCUT2D eigenvalue weighted by Gasteiger charge is -2.35. The van der Waals surface area contributed by atoms with Crippen molar-refractivity contribution in [2.24, 2.45) is 0 Å². The van der Waals surface area contributed by atoms with E-state index in [4.69, 9.17) is 0 Å². The smallest absolute Gasteiger partial charge is 0.0313 e. The summed E-state index contributed by atoms with van der Waals surface area (Å²) in [4.78, 5) is 6.34. The molecule has 0 spiro atoms. The molecule has 0 amide bonds.